The molecule has 3 aromatic carbocycles. The number of aromatic nitrogens is 6. The highest BCUT2D eigenvalue weighted by Gasteiger charge is 2.23. The van der Waals surface area contributed by atoms with Crippen molar-refractivity contribution in [2.75, 3.05) is 0 Å². The molecule has 0 spiro atoms. The van der Waals surface area contributed by atoms with Gasteiger partial charge in [-0.2, -0.15) is 0 Å². The Morgan fingerprint density at radius 3 is 1.76 bits per heavy atom. The maximum atomic E-state index is 4.74. The monoisotopic (exact) mass is 476 g/mol. The second-order valence-electron chi connectivity index (χ2n) is 8.85. The molecule has 6 heteroatoms. The second-order valence-corrected chi connectivity index (χ2v) is 8.85. The van der Waals surface area contributed by atoms with Gasteiger partial charge in [0.05, 0.1) is 5.69 Å². The lowest BCUT2D eigenvalue weighted by molar-refractivity contribution is 1.03. The molecular weight excluding hydrogens is 456 g/mol. The van der Waals surface area contributed by atoms with Gasteiger partial charge in [0, 0.05) is 47.3 Å². The fourth-order valence-electron chi connectivity index (χ4n) is 4.77. The summed E-state index contributed by atoms with van der Waals surface area (Å²) in [7, 11) is 0. The Bertz CT molecular complexity index is 1670. The molecule has 0 bridgehead atoms. The van der Waals surface area contributed by atoms with Crippen molar-refractivity contribution in [3.8, 4) is 56.8 Å². The van der Waals surface area contributed by atoms with Crippen molar-refractivity contribution in [1.29, 1.82) is 0 Å². The molecule has 0 atom stereocenters. The van der Waals surface area contributed by atoms with E-state index >= 15 is 0 Å². The fraction of sp³-hybridized carbons (Fsp3) is 0.0323. The average molecular weight is 477 g/mol. The molecule has 3 aromatic heterocycles. The Hall–Kier alpha value is -5.10. The van der Waals surface area contributed by atoms with Crippen LogP contribution in [0, 0.1) is 0 Å². The minimum atomic E-state index is 0.439. The molecule has 0 saturated heterocycles. The highest BCUT2D eigenvalue weighted by atomic mass is 15.1. The van der Waals surface area contributed by atoms with E-state index in [1.165, 1.54) is 16.7 Å². The van der Waals surface area contributed by atoms with Crippen molar-refractivity contribution in [3.05, 3.63) is 121 Å². The Morgan fingerprint density at radius 1 is 0.459 bits per heavy atom. The van der Waals surface area contributed by atoms with Crippen molar-refractivity contribution in [1.82, 2.24) is 29.9 Å². The Labute approximate surface area is 213 Å². The predicted octanol–water partition coefficient (Wildman–Crippen LogP) is 6.30. The van der Waals surface area contributed by atoms with Gasteiger partial charge in [0.15, 0.2) is 17.5 Å². The molecule has 6 nitrogen and oxygen atoms in total. The van der Waals surface area contributed by atoms with Crippen LogP contribution >= 0.6 is 0 Å². The van der Waals surface area contributed by atoms with Gasteiger partial charge in [0.2, 0.25) is 5.82 Å². The standard InChI is InChI=1S/C31H20N6/c1-3-9-20(10-4-1)28-35-29(21-11-5-2-6-12-21)37-31(36-28)30-33-18-23(19-34-30)24-14-7-15-25-26(24)17-22-13-8-16-32-27(22)25/h1-16,18-19H,17H2. The van der Waals surface area contributed by atoms with Gasteiger partial charge >= 0.3 is 0 Å². The van der Waals surface area contributed by atoms with Gasteiger partial charge in [-0.25, -0.2) is 24.9 Å². The predicted molar refractivity (Wildman–Crippen MR) is 143 cm³/mol. The molecule has 0 aliphatic heterocycles. The van der Waals surface area contributed by atoms with Gasteiger partial charge in [-0.15, -0.1) is 0 Å². The summed E-state index contributed by atoms with van der Waals surface area (Å²) in [5, 5.41) is 0. The first kappa shape index (κ1) is 21.2. The second kappa shape index (κ2) is 8.84. The van der Waals surface area contributed by atoms with Crippen molar-refractivity contribution >= 4 is 0 Å². The van der Waals surface area contributed by atoms with E-state index in [1.54, 1.807) is 0 Å². The SMILES string of the molecule is c1ccc(-c2nc(-c3ccccc3)nc(-c3ncc(-c4cccc5c4Cc4cccnc4-5)cn3)n2)cc1. The van der Waals surface area contributed by atoms with Crippen LogP contribution in [0.25, 0.3) is 56.8 Å². The maximum Gasteiger partial charge on any atom is 0.201 e. The average Bonchev–Trinajstić information content (AvgIpc) is 3.37. The van der Waals surface area contributed by atoms with E-state index in [9.17, 15) is 0 Å². The molecule has 174 valence electrons. The number of benzene rings is 3. The summed E-state index contributed by atoms with van der Waals surface area (Å²) in [5.74, 6) is 2.07. The van der Waals surface area contributed by atoms with Crippen LogP contribution in [0.4, 0.5) is 0 Å². The largest absolute Gasteiger partial charge is 0.256 e. The summed E-state index contributed by atoms with van der Waals surface area (Å²) in [4.78, 5) is 28.2. The topological polar surface area (TPSA) is 77.3 Å². The van der Waals surface area contributed by atoms with Crippen molar-refractivity contribution in [2.45, 2.75) is 6.42 Å². The lowest BCUT2D eigenvalue weighted by Crippen LogP contribution is -2.02. The first-order valence-electron chi connectivity index (χ1n) is 12.1. The van der Waals surface area contributed by atoms with Crippen LogP contribution in [-0.2, 0) is 6.42 Å². The summed E-state index contributed by atoms with van der Waals surface area (Å²) >= 11 is 0. The Morgan fingerprint density at radius 2 is 1.08 bits per heavy atom. The molecular formula is C31H20N6. The third-order valence-corrected chi connectivity index (χ3v) is 6.55. The third-order valence-electron chi connectivity index (χ3n) is 6.55. The molecule has 6 aromatic rings. The first-order chi connectivity index (χ1) is 18.3. The zero-order chi connectivity index (χ0) is 24.6. The Kier molecular flexibility index (Phi) is 5.07. The maximum absolute atomic E-state index is 4.74. The van der Waals surface area contributed by atoms with E-state index in [2.05, 4.69) is 39.2 Å². The molecule has 0 unspecified atom stereocenters. The van der Waals surface area contributed by atoms with Crippen molar-refractivity contribution < 1.29 is 0 Å². The number of nitrogens with zero attached hydrogens (tertiary/aromatic N) is 6. The van der Waals surface area contributed by atoms with Crippen molar-refractivity contribution in [3.63, 3.8) is 0 Å². The van der Waals surface area contributed by atoms with E-state index < -0.39 is 0 Å². The highest BCUT2D eigenvalue weighted by Crippen LogP contribution is 2.40. The molecule has 0 N–H and O–H groups in total. The molecule has 0 radical (unpaired) electrons. The number of hydrogen-bond acceptors (Lipinski definition) is 6. The van der Waals surface area contributed by atoms with Gasteiger partial charge in [0.25, 0.3) is 0 Å². The van der Waals surface area contributed by atoms with E-state index in [4.69, 9.17) is 15.0 Å². The van der Waals surface area contributed by atoms with Crippen molar-refractivity contribution in [2.24, 2.45) is 0 Å². The summed E-state index contributed by atoms with van der Waals surface area (Å²) in [6, 6.07) is 30.2. The molecule has 1 aliphatic carbocycles. The highest BCUT2D eigenvalue weighted by molar-refractivity contribution is 5.82. The third kappa shape index (κ3) is 3.85. The smallest absolute Gasteiger partial charge is 0.201 e. The van der Waals surface area contributed by atoms with E-state index in [0.717, 1.165) is 34.4 Å². The van der Waals surface area contributed by atoms with Crippen LogP contribution in [0.15, 0.2) is 110 Å². The first-order valence-corrected chi connectivity index (χ1v) is 12.1. The Balaban J connectivity index is 1.30. The minimum absolute atomic E-state index is 0.439. The lowest BCUT2D eigenvalue weighted by atomic mass is 9.98. The summed E-state index contributed by atoms with van der Waals surface area (Å²) in [6.45, 7) is 0. The molecule has 1 aliphatic rings. The molecule has 0 amide bonds. The molecule has 0 saturated carbocycles. The van der Waals surface area contributed by atoms with E-state index in [0.29, 0.717) is 23.3 Å². The zero-order valence-corrected chi connectivity index (χ0v) is 19.8. The summed E-state index contributed by atoms with van der Waals surface area (Å²) in [6.07, 6.45) is 6.40. The number of pyridine rings is 1. The van der Waals surface area contributed by atoms with Crippen LogP contribution in [0.3, 0.4) is 0 Å². The van der Waals surface area contributed by atoms with Crippen LogP contribution in [-0.4, -0.2) is 29.9 Å². The van der Waals surface area contributed by atoms with Gasteiger partial charge < -0.3 is 0 Å². The van der Waals surface area contributed by atoms with Crippen LogP contribution in [0.1, 0.15) is 11.1 Å². The molecule has 0 fully saturated rings. The molecule has 7 rings (SSSR count). The minimum Gasteiger partial charge on any atom is -0.256 e. The lowest BCUT2D eigenvalue weighted by Gasteiger charge is -2.09. The van der Waals surface area contributed by atoms with E-state index in [1.807, 2.05) is 85.3 Å². The quantitative estimate of drug-likeness (QED) is 0.297. The summed E-state index contributed by atoms with van der Waals surface area (Å²) in [5.41, 5.74) is 8.63. The zero-order valence-electron chi connectivity index (χ0n) is 19.8. The van der Waals surface area contributed by atoms with E-state index in [-0.39, 0.29) is 0 Å². The number of hydrogen-bond donors (Lipinski definition) is 0. The van der Waals surface area contributed by atoms with Gasteiger partial charge in [-0.1, -0.05) is 84.9 Å². The molecule has 3 heterocycles. The van der Waals surface area contributed by atoms with Crippen LogP contribution in [0.2, 0.25) is 0 Å². The number of rotatable bonds is 4. The normalized spacial score (nSPS) is 11.7. The van der Waals surface area contributed by atoms with Crippen LogP contribution in [0.5, 0.6) is 0 Å². The van der Waals surface area contributed by atoms with Crippen LogP contribution < -0.4 is 0 Å². The summed E-state index contributed by atoms with van der Waals surface area (Å²) < 4.78 is 0. The van der Waals surface area contributed by atoms with Gasteiger partial charge in [0.1, 0.15) is 0 Å². The molecule has 37 heavy (non-hydrogen) atoms. The fourth-order valence-corrected chi connectivity index (χ4v) is 4.77. The van der Waals surface area contributed by atoms with Gasteiger partial charge in [-0.05, 0) is 22.8 Å². The van der Waals surface area contributed by atoms with Gasteiger partial charge in [-0.3, -0.25) is 4.98 Å². The number of fused-ring (bicyclic) bond motifs is 3.